The lowest BCUT2D eigenvalue weighted by molar-refractivity contribution is -0.136. The van der Waals surface area contributed by atoms with Crippen LogP contribution in [0.4, 0.5) is 17.1 Å². The van der Waals surface area contributed by atoms with Gasteiger partial charge >= 0.3 is 0 Å². The summed E-state index contributed by atoms with van der Waals surface area (Å²) in [5, 5.41) is 20.5. The number of imide groups is 2. The number of benzene rings is 3. The van der Waals surface area contributed by atoms with Crippen molar-refractivity contribution in [2.45, 2.75) is 71.3 Å². The number of nitrogens with zero attached hydrogens (tertiary/aromatic N) is 5. The van der Waals surface area contributed by atoms with E-state index in [0.29, 0.717) is 18.0 Å². The van der Waals surface area contributed by atoms with E-state index < -0.39 is 35.1 Å². The Kier molecular flexibility index (Phi) is 7.82. The average Bonchev–Trinajstić information content (AvgIpc) is 3.77. The molecule has 11 nitrogen and oxygen atoms in total. The summed E-state index contributed by atoms with van der Waals surface area (Å²) in [5.74, 6) is -1.47. The molecule has 1 unspecified atom stereocenters. The van der Waals surface area contributed by atoms with Crippen LogP contribution in [-0.4, -0.2) is 46.3 Å². The van der Waals surface area contributed by atoms with Crippen molar-refractivity contribution in [2.24, 2.45) is 0 Å². The highest BCUT2D eigenvalue weighted by Gasteiger charge is 2.46. The molecule has 3 aromatic carbocycles. The molecule has 0 spiro atoms. The van der Waals surface area contributed by atoms with Crippen LogP contribution in [0.2, 0.25) is 0 Å². The Morgan fingerprint density at radius 1 is 0.959 bits per heavy atom. The Bertz CT molecular complexity index is 2050. The first-order valence-corrected chi connectivity index (χ1v) is 16.6. The van der Waals surface area contributed by atoms with Crippen molar-refractivity contribution in [3.05, 3.63) is 94.4 Å². The lowest BCUT2D eigenvalue weighted by Gasteiger charge is -2.39. The zero-order valence-electron chi connectivity index (χ0n) is 27.9. The van der Waals surface area contributed by atoms with Gasteiger partial charge in [-0.15, -0.1) is 0 Å². The monoisotopic (exact) mass is 656 g/mol. The second-order valence-electron chi connectivity index (χ2n) is 13.1. The van der Waals surface area contributed by atoms with Gasteiger partial charge in [0.15, 0.2) is 0 Å². The molecule has 1 atom stereocenters. The molecule has 1 aromatic heterocycles. The summed E-state index contributed by atoms with van der Waals surface area (Å²) >= 11 is 0. The number of nitriles is 1. The van der Waals surface area contributed by atoms with Crippen molar-refractivity contribution in [3.8, 4) is 17.2 Å². The molecule has 7 rings (SSSR count). The van der Waals surface area contributed by atoms with Gasteiger partial charge in [0.05, 0.1) is 45.4 Å². The van der Waals surface area contributed by atoms with E-state index in [1.54, 1.807) is 12.1 Å². The largest absolute Gasteiger partial charge is 0.361 e. The van der Waals surface area contributed by atoms with Crippen LogP contribution in [0.5, 0.6) is 0 Å². The van der Waals surface area contributed by atoms with Gasteiger partial charge in [-0.05, 0) is 99.5 Å². The third kappa shape index (κ3) is 5.33. The van der Waals surface area contributed by atoms with Crippen LogP contribution in [0, 0.1) is 32.1 Å². The highest BCUT2D eigenvalue weighted by atomic mass is 16.5. The maximum Gasteiger partial charge on any atom is 0.262 e. The van der Waals surface area contributed by atoms with Crippen molar-refractivity contribution in [3.63, 3.8) is 0 Å². The molecule has 4 amide bonds. The smallest absolute Gasteiger partial charge is 0.262 e. The van der Waals surface area contributed by atoms with Crippen LogP contribution in [0.3, 0.4) is 0 Å². The molecule has 11 heteroatoms. The van der Waals surface area contributed by atoms with Gasteiger partial charge < -0.3 is 4.52 Å². The Hall–Kier alpha value is -5.76. The number of fused-ring (bicyclic) bond motifs is 1. The number of aromatic nitrogens is 1. The third-order valence-corrected chi connectivity index (χ3v) is 9.79. The molecule has 248 valence electrons. The highest BCUT2D eigenvalue weighted by Crippen LogP contribution is 2.48. The standard InChI is InChI=1S/C38H36N6O5/c1-5-18-42(28-12-13-29-30(20-28)37(48)43(36(29)47)31-14-15-33(45)40-35(31)46)44(27-10-8-26(9-11-27)38(21-39)16-17-38)32-19-25(7-6-22(32)2)34-23(3)41-49-24(34)4/h6-13,19-20,31H,5,14-18H2,1-4H3,(H,40,45,46). The van der Waals surface area contributed by atoms with Crippen LogP contribution in [0.1, 0.15) is 82.3 Å². The second-order valence-corrected chi connectivity index (χ2v) is 13.1. The average molecular weight is 657 g/mol. The minimum Gasteiger partial charge on any atom is -0.361 e. The number of hydrazine groups is 1. The molecule has 49 heavy (non-hydrogen) atoms. The van der Waals surface area contributed by atoms with Gasteiger partial charge in [-0.3, -0.25) is 39.4 Å². The molecular weight excluding hydrogens is 620 g/mol. The molecule has 2 fully saturated rings. The van der Waals surface area contributed by atoms with E-state index in [2.05, 4.69) is 45.6 Å². The van der Waals surface area contributed by atoms with E-state index in [4.69, 9.17) is 4.52 Å². The fourth-order valence-electron chi connectivity index (χ4n) is 6.98. The molecule has 1 saturated carbocycles. The molecule has 3 aliphatic rings. The predicted octanol–water partition coefficient (Wildman–Crippen LogP) is 6.19. The summed E-state index contributed by atoms with van der Waals surface area (Å²) < 4.78 is 5.50. The molecule has 2 aliphatic heterocycles. The Balaban J connectivity index is 1.34. The van der Waals surface area contributed by atoms with Crippen LogP contribution < -0.4 is 15.3 Å². The topological polar surface area (TPSA) is 140 Å². The number of carbonyl (C=O) groups is 4. The molecule has 1 saturated heterocycles. The Morgan fingerprint density at radius 2 is 1.67 bits per heavy atom. The summed E-state index contributed by atoms with van der Waals surface area (Å²) in [6, 6.07) is 20.9. The zero-order valence-corrected chi connectivity index (χ0v) is 27.9. The maximum absolute atomic E-state index is 13.8. The number of amides is 4. The highest BCUT2D eigenvalue weighted by molar-refractivity contribution is 6.23. The van der Waals surface area contributed by atoms with Crippen LogP contribution in [0.25, 0.3) is 11.1 Å². The number of hydrogen-bond acceptors (Lipinski definition) is 9. The fourth-order valence-corrected chi connectivity index (χ4v) is 6.98. The van der Waals surface area contributed by atoms with Gasteiger partial charge in [0.2, 0.25) is 11.8 Å². The Morgan fingerprint density at radius 3 is 2.31 bits per heavy atom. The first-order valence-electron chi connectivity index (χ1n) is 16.6. The number of hydrogen-bond donors (Lipinski definition) is 1. The second kappa shape index (κ2) is 12.0. The molecule has 4 aromatic rings. The van der Waals surface area contributed by atoms with Gasteiger partial charge in [-0.2, -0.15) is 5.26 Å². The van der Waals surface area contributed by atoms with Crippen LogP contribution in [0.15, 0.2) is 65.2 Å². The number of rotatable bonds is 9. The summed E-state index contributed by atoms with van der Waals surface area (Å²) in [6.45, 7) is 8.46. The first-order chi connectivity index (χ1) is 23.6. The number of carbonyl (C=O) groups excluding carboxylic acids is 4. The maximum atomic E-state index is 13.8. The molecular formula is C38H36N6O5. The van der Waals surface area contributed by atoms with Crippen molar-refractivity contribution >= 4 is 40.7 Å². The van der Waals surface area contributed by atoms with Gasteiger partial charge in [-0.25, -0.2) is 0 Å². The van der Waals surface area contributed by atoms with Gasteiger partial charge in [-0.1, -0.05) is 36.3 Å². The van der Waals surface area contributed by atoms with Crippen LogP contribution in [-0.2, 0) is 15.0 Å². The number of aryl methyl sites for hydroxylation is 3. The van der Waals surface area contributed by atoms with Crippen LogP contribution >= 0.6 is 0 Å². The van der Waals surface area contributed by atoms with Gasteiger partial charge in [0, 0.05) is 18.5 Å². The van der Waals surface area contributed by atoms with Gasteiger partial charge in [0.25, 0.3) is 11.8 Å². The summed E-state index contributed by atoms with van der Waals surface area (Å²) in [5.41, 5.74) is 6.99. The summed E-state index contributed by atoms with van der Waals surface area (Å²) in [7, 11) is 0. The zero-order chi connectivity index (χ0) is 34.6. The number of anilines is 3. The minimum atomic E-state index is -1.05. The molecule has 1 aliphatic carbocycles. The summed E-state index contributed by atoms with van der Waals surface area (Å²) in [4.78, 5) is 52.7. The molecule has 0 radical (unpaired) electrons. The van der Waals surface area contributed by atoms with Crippen molar-refractivity contribution in [1.82, 2.24) is 15.4 Å². The summed E-state index contributed by atoms with van der Waals surface area (Å²) in [6.07, 6.45) is 2.56. The lowest BCUT2D eigenvalue weighted by atomic mass is 9.97. The van der Waals surface area contributed by atoms with E-state index in [1.807, 2.05) is 57.2 Å². The quantitative estimate of drug-likeness (QED) is 0.165. The molecule has 0 bridgehead atoms. The molecule has 1 N–H and O–H groups in total. The van der Waals surface area contributed by atoms with E-state index in [0.717, 1.165) is 63.5 Å². The number of piperidine rings is 1. The van der Waals surface area contributed by atoms with E-state index in [-0.39, 0.29) is 24.0 Å². The van der Waals surface area contributed by atoms with E-state index in [1.165, 1.54) is 0 Å². The predicted molar refractivity (Wildman–Crippen MR) is 182 cm³/mol. The fraction of sp³-hybridized carbons (Fsp3) is 0.316. The number of nitrogens with one attached hydrogen (secondary N) is 1. The van der Waals surface area contributed by atoms with E-state index in [9.17, 15) is 24.4 Å². The SMILES string of the molecule is CCCN(c1ccc2c(c1)C(=O)N(C1CCC(=O)NC1=O)C2=O)N(c1ccc(C2(C#N)CC2)cc1)c1cc(-c2c(C)noc2C)ccc1C. The lowest BCUT2D eigenvalue weighted by Crippen LogP contribution is -2.54. The normalized spacial score (nSPS) is 17.9. The van der Waals surface area contributed by atoms with Crippen molar-refractivity contribution < 1.29 is 23.7 Å². The van der Waals surface area contributed by atoms with E-state index >= 15 is 0 Å². The Labute approximate surface area is 284 Å². The minimum absolute atomic E-state index is 0.0505. The first kappa shape index (κ1) is 31.8. The molecule has 3 heterocycles. The van der Waals surface area contributed by atoms with Crippen molar-refractivity contribution in [1.29, 1.82) is 5.26 Å². The van der Waals surface area contributed by atoms with Crippen molar-refractivity contribution in [2.75, 3.05) is 16.6 Å². The third-order valence-electron chi connectivity index (χ3n) is 9.79. The van der Waals surface area contributed by atoms with Gasteiger partial charge in [0.1, 0.15) is 11.8 Å².